The van der Waals surface area contributed by atoms with Crippen LogP contribution in [0.25, 0.3) is 0 Å². The van der Waals surface area contributed by atoms with Gasteiger partial charge in [0.15, 0.2) is 0 Å². The number of halogens is 2. The zero-order valence-electron chi connectivity index (χ0n) is 10.8. The molecule has 0 aromatic heterocycles. The minimum Gasteiger partial charge on any atom is -0.326 e. The van der Waals surface area contributed by atoms with E-state index in [4.69, 9.17) is 5.73 Å². The highest BCUT2D eigenvalue weighted by Gasteiger charge is 2.29. The van der Waals surface area contributed by atoms with Crippen molar-refractivity contribution in [2.75, 3.05) is 24.6 Å². The van der Waals surface area contributed by atoms with Crippen molar-refractivity contribution >= 4 is 37.7 Å². The van der Waals surface area contributed by atoms with Crippen molar-refractivity contribution in [2.24, 2.45) is 5.73 Å². The number of rotatable bonds is 3. The van der Waals surface area contributed by atoms with Crippen molar-refractivity contribution in [1.82, 2.24) is 4.31 Å². The van der Waals surface area contributed by atoms with Crippen LogP contribution in [0.4, 0.5) is 4.39 Å². The molecule has 0 amide bonds. The third-order valence-corrected chi connectivity index (χ3v) is 6.50. The molecule has 0 unspecified atom stereocenters. The lowest BCUT2D eigenvalue weighted by atomic mass is 10.2. The highest BCUT2D eigenvalue weighted by atomic mass is 79.9. The maximum atomic E-state index is 14.3. The summed E-state index contributed by atoms with van der Waals surface area (Å²) in [5, 5.41) is 0. The molecule has 0 atom stereocenters. The van der Waals surface area contributed by atoms with Crippen molar-refractivity contribution in [3.63, 3.8) is 0 Å². The Morgan fingerprint density at radius 2 is 2.10 bits per heavy atom. The number of hydrogen-bond acceptors (Lipinski definition) is 4. The van der Waals surface area contributed by atoms with Gasteiger partial charge in [-0.05, 0) is 24.3 Å². The van der Waals surface area contributed by atoms with E-state index in [9.17, 15) is 12.8 Å². The van der Waals surface area contributed by atoms with Crippen LogP contribution in [0.1, 0.15) is 12.0 Å². The zero-order chi connectivity index (χ0) is 14.8. The minimum atomic E-state index is -3.81. The van der Waals surface area contributed by atoms with Gasteiger partial charge in [0.25, 0.3) is 0 Å². The molecule has 2 N–H and O–H groups in total. The van der Waals surface area contributed by atoms with Gasteiger partial charge in [0.2, 0.25) is 10.0 Å². The number of nitrogens with zero attached hydrogens (tertiary/aromatic N) is 1. The fraction of sp³-hybridized carbons (Fsp3) is 0.500. The van der Waals surface area contributed by atoms with Gasteiger partial charge >= 0.3 is 0 Å². The Morgan fingerprint density at radius 1 is 1.35 bits per heavy atom. The van der Waals surface area contributed by atoms with Crippen LogP contribution in [0.5, 0.6) is 0 Å². The third kappa shape index (κ3) is 3.36. The Labute approximate surface area is 131 Å². The van der Waals surface area contributed by atoms with Crippen molar-refractivity contribution in [1.29, 1.82) is 0 Å². The second-order valence-corrected chi connectivity index (χ2v) is 8.50. The molecule has 1 aliphatic rings. The van der Waals surface area contributed by atoms with Gasteiger partial charge in [-0.3, -0.25) is 0 Å². The van der Waals surface area contributed by atoms with Gasteiger partial charge in [-0.25, -0.2) is 12.8 Å². The lowest BCUT2D eigenvalue weighted by molar-refractivity contribution is 0.429. The van der Waals surface area contributed by atoms with Crippen molar-refractivity contribution in [2.45, 2.75) is 17.9 Å². The van der Waals surface area contributed by atoms with Crippen molar-refractivity contribution in [3.8, 4) is 0 Å². The van der Waals surface area contributed by atoms with E-state index in [2.05, 4.69) is 15.9 Å². The molecule has 8 heteroatoms. The fourth-order valence-electron chi connectivity index (χ4n) is 2.06. The number of benzene rings is 1. The quantitative estimate of drug-likeness (QED) is 0.869. The monoisotopic (exact) mass is 382 g/mol. The molecule has 0 bridgehead atoms. The van der Waals surface area contributed by atoms with Gasteiger partial charge in [0.05, 0.1) is 0 Å². The van der Waals surface area contributed by atoms with E-state index in [-0.39, 0.29) is 17.0 Å². The molecule has 0 saturated carbocycles. The maximum absolute atomic E-state index is 14.3. The Morgan fingerprint density at radius 3 is 2.80 bits per heavy atom. The zero-order valence-corrected chi connectivity index (χ0v) is 14.0. The summed E-state index contributed by atoms with van der Waals surface area (Å²) in [7, 11) is -3.81. The molecule has 1 aliphatic heterocycles. The number of sulfonamides is 1. The van der Waals surface area contributed by atoms with E-state index < -0.39 is 15.8 Å². The second kappa shape index (κ2) is 6.74. The van der Waals surface area contributed by atoms with Crippen LogP contribution in [0, 0.1) is 5.82 Å². The first-order valence-corrected chi connectivity index (χ1v) is 9.61. The molecule has 1 aromatic rings. The smallest absolute Gasteiger partial charge is 0.246 e. The summed E-state index contributed by atoms with van der Waals surface area (Å²) in [6.45, 7) is 0.805. The van der Waals surface area contributed by atoms with Gasteiger partial charge in [-0.15, -0.1) is 0 Å². The molecule has 1 heterocycles. The molecule has 1 saturated heterocycles. The average molecular weight is 383 g/mol. The minimum absolute atomic E-state index is 0.0381. The topological polar surface area (TPSA) is 63.4 Å². The summed E-state index contributed by atoms with van der Waals surface area (Å²) in [5.41, 5.74) is 5.66. The summed E-state index contributed by atoms with van der Waals surface area (Å²) >= 11 is 4.93. The molecule has 112 valence electrons. The Kier molecular flexibility index (Phi) is 5.47. The van der Waals surface area contributed by atoms with E-state index in [0.29, 0.717) is 17.6 Å². The van der Waals surface area contributed by atoms with E-state index in [1.54, 1.807) is 11.8 Å². The highest BCUT2D eigenvalue weighted by molar-refractivity contribution is 9.10. The predicted molar refractivity (Wildman–Crippen MR) is 82.7 cm³/mol. The average Bonchev–Trinajstić information content (AvgIpc) is 2.70. The van der Waals surface area contributed by atoms with Gasteiger partial charge < -0.3 is 5.73 Å². The largest absolute Gasteiger partial charge is 0.326 e. The number of nitrogens with two attached hydrogens (primary N) is 1. The van der Waals surface area contributed by atoms with E-state index >= 15 is 0 Å². The van der Waals surface area contributed by atoms with E-state index in [1.807, 2.05) is 0 Å². The molecule has 20 heavy (non-hydrogen) atoms. The van der Waals surface area contributed by atoms with Crippen molar-refractivity contribution < 1.29 is 12.8 Å². The first kappa shape index (κ1) is 16.2. The summed E-state index contributed by atoms with van der Waals surface area (Å²) in [6.07, 6.45) is 0.781. The highest BCUT2D eigenvalue weighted by Crippen LogP contribution is 2.27. The summed E-state index contributed by atoms with van der Waals surface area (Å²) < 4.78 is 41.4. The summed E-state index contributed by atoms with van der Waals surface area (Å²) in [4.78, 5) is -0.292. The second-order valence-electron chi connectivity index (χ2n) is 4.45. The Hall–Kier alpha value is -0.150. The Bertz CT molecular complexity index is 587. The van der Waals surface area contributed by atoms with Crippen LogP contribution in [-0.2, 0) is 16.6 Å². The SMILES string of the molecule is NCc1cc(Br)cc(S(=O)(=O)N2CCCSCC2)c1F. The third-order valence-electron chi connectivity index (χ3n) is 3.10. The molecule has 0 aliphatic carbocycles. The molecule has 1 aromatic carbocycles. The predicted octanol–water partition coefficient (Wildman–Crippen LogP) is 2.17. The first-order valence-electron chi connectivity index (χ1n) is 6.22. The lowest BCUT2D eigenvalue weighted by Gasteiger charge is -2.20. The molecular weight excluding hydrogens is 367 g/mol. The molecule has 2 rings (SSSR count). The molecule has 0 spiro atoms. The van der Waals surface area contributed by atoms with Crippen LogP contribution < -0.4 is 5.73 Å². The van der Waals surface area contributed by atoms with Gasteiger partial charge in [-0.1, -0.05) is 15.9 Å². The normalized spacial score (nSPS) is 17.9. The van der Waals surface area contributed by atoms with Gasteiger partial charge in [-0.2, -0.15) is 16.1 Å². The fourth-order valence-corrected chi connectivity index (χ4v) is 5.33. The number of hydrogen-bond donors (Lipinski definition) is 1. The van der Waals surface area contributed by atoms with Crippen molar-refractivity contribution in [3.05, 3.63) is 28.0 Å². The van der Waals surface area contributed by atoms with Crippen LogP contribution in [-0.4, -0.2) is 37.3 Å². The molecule has 0 radical (unpaired) electrons. The summed E-state index contributed by atoms with van der Waals surface area (Å²) in [5.74, 6) is 0.923. The number of thioether (sulfide) groups is 1. The Balaban J connectivity index is 2.45. The van der Waals surface area contributed by atoms with E-state index in [1.165, 1.54) is 16.4 Å². The van der Waals surface area contributed by atoms with Crippen LogP contribution >= 0.6 is 27.7 Å². The van der Waals surface area contributed by atoms with E-state index in [0.717, 1.165) is 17.9 Å². The molecular formula is C12H16BrFN2O2S2. The molecule has 1 fully saturated rings. The van der Waals surface area contributed by atoms with Gasteiger partial charge in [0.1, 0.15) is 10.7 Å². The maximum Gasteiger partial charge on any atom is 0.246 e. The summed E-state index contributed by atoms with van der Waals surface area (Å²) in [6, 6.07) is 2.81. The van der Waals surface area contributed by atoms with Crippen LogP contribution in [0.2, 0.25) is 0 Å². The molecule has 4 nitrogen and oxygen atoms in total. The standard InChI is InChI=1S/C12H16BrFN2O2S2/c13-10-6-9(8-15)12(14)11(7-10)20(17,18)16-2-1-4-19-5-3-16/h6-7H,1-5,8,15H2. The van der Waals surface area contributed by atoms with Crippen LogP contribution in [0.3, 0.4) is 0 Å². The van der Waals surface area contributed by atoms with Crippen LogP contribution in [0.15, 0.2) is 21.5 Å². The lowest BCUT2D eigenvalue weighted by Crippen LogP contribution is -2.33. The first-order chi connectivity index (χ1) is 9.46. The van der Waals surface area contributed by atoms with Gasteiger partial charge in [0, 0.05) is 35.4 Å².